The van der Waals surface area contributed by atoms with Crippen molar-refractivity contribution in [1.82, 2.24) is 9.97 Å². The Bertz CT molecular complexity index is 242. The SMILES string of the molecule is NC/C=C/c1ncc(Br)cn1. The Balaban J connectivity index is 2.73. The second-order valence-electron chi connectivity index (χ2n) is 1.90. The van der Waals surface area contributed by atoms with E-state index < -0.39 is 0 Å². The van der Waals surface area contributed by atoms with E-state index in [4.69, 9.17) is 5.73 Å². The molecule has 0 spiro atoms. The van der Waals surface area contributed by atoms with Crippen LogP contribution in [0.15, 0.2) is 22.9 Å². The summed E-state index contributed by atoms with van der Waals surface area (Å²) in [6.45, 7) is 0.513. The van der Waals surface area contributed by atoms with E-state index in [1.165, 1.54) is 0 Å². The number of aromatic nitrogens is 2. The Morgan fingerprint density at radius 3 is 2.64 bits per heavy atom. The van der Waals surface area contributed by atoms with Crippen LogP contribution in [-0.2, 0) is 0 Å². The Labute approximate surface area is 73.5 Å². The van der Waals surface area contributed by atoms with Gasteiger partial charge in [0.2, 0.25) is 0 Å². The number of halogens is 1. The van der Waals surface area contributed by atoms with Gasteiger partial charge >= 0.3 is 0 Å². The first kappa shape index (κ1) is 8.36. The third-order valence-corrected chi connectivity index (χ3v) is 1.45. The molecule has 0 atom stereocenters. The molecular weight excluding hydrogens is 206 g/mol. The highest BCUT2D eigenvalue weighted by Crippen LogP contribution is 2.04. The van der Waals surface area contributed by atoms with E-state index in [2.05, 4.69) is 25.9 Å². The molecule has 0 radical (unpaired) electrons. The van der Waals surface area contributed by atoms with Gasteiger partial charge in [0.25, 0.3) is 0 Å². The lowest BCUT2D eigenvalue weighted by Crippen LogP contribution is -1.93. The van der Waals surface area contributed by atoms with Crippen LogP contribution in [0.5, 0.6) is 0 Å². The van der Waals surface area contributed by atoms with Gasteiger partial charge in [0.05, 0.1) is 4.47 Å². The molecule has 0 fully saturated rings. The lowest BCUT2D eigenvalue weighted by Gasteiger charge is -1.90. The first-order chi connectivity index (χ1) is 5.33. The molecule has 0 amide bonds. The Hall–Kier alpha value is -0.740. The van der Waals surface area contributed by atoms with Crippen LogP contribution in [0.25, 0.3) is 6.08 Å². The average Bonchev–Trinajstić information content (AvgIpc) is 2.04. The molecule has 1 aromatic heterocycles. The van der Waals surface area contributed by atoms with Crippen molar-refractivity contribution in [2.24, 2.45) is 5.73 Å². The minimum absolute atomic E-state index is 0.513. The van der Waals surface area contributed by atoms with Gasteiger partial charge in [0.1, 0.15) is 0 Å². The second kappa shape index (κ2) is 4.20. The summed E-state index contributed by atoms with van der Waals surface area (Å²) < 4.78 is 0.877. The number of hydrogen-bond donors (Lipinski definition) is 1. The lowest BCUT2D eigenvalue weighted by molar-refractivity contribution is 1.12. The molecule has 0 aliphatic rings. The fourth-order valence-electron chi connectivity index (χ4n) is 0.582. The van der Waals surface area contributed by atoms with Crippen LogP contribution < -0.4 is 5.73 Å². The molecule has 0 aliphatic carbocycles. The zero-order valence-corrected chi connectivity index (χ0v) is 7.45. The van der Waals surface area contributed by atoms with E-state index in [-0.39, 0.29) is 0 Å². The molecule has 1 aromatic rings. The lowest BCUT2D eigenvalue weighted by atomic mass is 10.4. The van der Waals surface area contributed by atoms with Gasteiger partial charge in [-0.25, -0.2) is 9.97 Å². The van der Waals surface area contributed by atoms with Gasteiger partial charge in [-0.3, -0.25) is 0 Å². The molecule has 11 heavy (non-hydrogen) atoms. The number of nitrogens with zero attached hydrogens (tertiary/aromatic N) is 2. The van der Waals surface area contributed by atoms with Gasteiger partial charge in [-0.05, 0) is 22.0 Å². The topological polar surface area (TPSA) is 51.8 Å². The zero-order valence-electron chi connectivity index (χ0n) is 5.87. The van der Waals surface area contributed by atoms with Gasteiger partial charge in [0, 0.05) is 18.9 Å². The van der Waals surface area contributed by atoms with Crippen LogP contribution in [0.1, 0.15) is 5.82 Å². The maximum absolute atomic E-state index is 5.25. The van der Waals surface area contributed by atoms with Crippen LogP contribution in [0.4, 0.5) is 0 Å². The normalized spacial score (nSPS) is 10.7. The highest BCUT2D eigenvalue weighted by Gasteiger charge is 1.88. The predicted octanol–water partition coefficient (Wildman–Crippen LogP) is 1.21. The van der Waals surface area contributed by atoms with E-state index in [9.17, 15) is 0 Å². The minimum Gasteiger partial charge on any atom is -0.327 e. The van der Waals surface area contributed by atoms with E-state index >= 15 is 0 Å². The molecule has 0 aliphatic heterocycles. The molecule has 1 rings (SSSR count). The summed E-state index contributed by atoms with van der Waals surface area (Å²) in [4.78, 5) is 8.03. The first-order valence-corrected chi connectivity index (χ1v) is 3.96. The summed E-state index contributed by atoms with van der Waals surface area (Å²) in [5, 5.41) is 0. The van der Waals surface area contributed by atoms with Crippen LogP contribution in [0.2, 0.25) is 0 Å². The first-order valence-electron chi connectivity index (χ1n) is 3.17. The zero-order chi connectivity index (χ0) is 8.10. The minimum atomic E-state index is 0.513. The summed E-state index contributed by atoms with van der Waals surface area (Å²) in [7, 11) is 0. The van der Waals surface area contributed by atoms with Crippen molar-refractivity contribution in [2.75, 3.05) is 6.54 Å². The van der Waals surface area contributed by atoms with Gasteiger partial charge in [-0.1, -0.05) is 6.08 Å². The number of nitrogens with two attached hydrogens (primary N) is 1. The van der Waals surface area contributed by atoms with E-state index in [1.807, 2.05) is 6.08 Å². The van der Waals surface area contributed by atoms with Crippen molar-refractivity contribution in [3.05, 3.63) is 28.8 Å². The van der Waals surface area contributed by atoms with Gasteiger partial charge in [0.15, 0.2) is 5.82 Å². The van der Waals surface area contributed by atoms with Crippen molar-refractivity contribution in [1.29, 1.82) is 0 Å². The molecule has 4 heteroatoms. The average molecular weight is 214 g/mol. The number of rotatable bonds is 2. The largest absolute Gasteiger partial charge is 0.327 e. The maximum atomic E-state index is 5.25. The van der Waals surface area contributed by atoms with Crippen molar-refractivity contribution < 1.29 is 0 Å². The summed E-state index contributed by atoms with van der Waals surface area (Å²) >= 11 is 3.24. The highest BCUT2D eigenvalue weighted by molar-refractivity contribution is 9.10. The third kappa shape index (κ3) is 2.78. The summed E-state index contributed by atoms with van der Waals surface area (Å²) in [5.41, 5.74) is 5.25. The third-order valence-electron chi connectivity index (χ3n) is 1.04. The standard InChI is InChI=1S/C7H8BrN3/c8-6-4-10-7(11-5-6)2-1-3-9/h1-2,4-5H,3,9H2/b2-1+. The van der Waals surface area contributed by atoms with E-state index in [0.29, 0.717) is 12.4 Å². The molecule has 0 bridgehead atoms. The van der Waals surface area contributed by atoms with Crippen LogP contribution >= 0.6 is 15.9 Å². The Morgan fingerprint density at radius 1 is 1.45 bits per heavy atom. The molecule has 3 nitrogen and oxygen atoms in total. The molecule has 0 saturated heterocycles. The molecule has 0 aromatic carbocycles. The molecule has 0 saturated carbocycles. The van der Waals surface area contributed by atoms with Gasteiger partial charge < -0.3 is 5.73 Å². The molecule has 2 N–H and O–H groups in total. The summed E-state index contributed by atoms with van der Waals surface area (Å²) in [6.07, 6.45) is 6.99. The van der Waals surface area contributed by atoms with Crippen molar-refractivity contribution in [3.63, 3.8) is 0 Å². The van der Waals surface area contributed by atoms with Crippen LogP contribution in [0.3, 0.4) is 0 Å². The monoisotopic (exact) mass is 213 g/mol. The van der Waals surface area contributed by atoms with E-state index in [0.717, 1.165) is 4.47 Å². The summed E-state index contributed by atoms with van der Waals surface area (Å²) in [6, 6.07) is 0. The van der Waals surface area contributed by atoms with Crippen LogP contribution in [-0.4, -0.2) is 16.5 Å². The van der Waals surface area contributed by atoms with Gasteiger partial charge in [-0.15, -0.1) is 0 Å². The van der Waals surface area contributed by atoms with Gasteiger partial charge in [-0.2, -0.15) is 0 Å². The fourth-order valence-corrected chi connectivity index (χ4v) is 0.787. The smallest absolute Gasteiger partial charge is 0.151 e. The van der Waals surface area contributed by atoms with Crippen LogP contribution in [0, 0.1) is 0 Å². The molecular formula is C7H8BrN3. The molecule has 0 unspecified atom stereocenters. The molecule has 1 heterocycles. The second-order valence-corrected chi connectivity index (χ2v) is 2.81. The Kier molecular flexibility index (Phi) is 3.19. The Morgan fingerprint density at radius 2 is 2.09 bits per heavy atom. The number of hydrogen-bond acceptors (Lipinski definition) is 3. The van der Waals surface area contributed by atoms with Crippen molar-refractivity contribution >= 4 is 22.0 Å². The molecule has 58 valence electrons. The predicted molar refractivity (Wildman–Crippen MR) is 47.8 cm³/mol. The maximum Gasteiger partial charge on any atom is 0.151 e. The fraction of sp³-hybridized carbons (Fsp3) is 0.143. The summed E-state index contributed by atoms with van der Waals surface area (Å²) in [5.74, 6) is 0.679. The highest BCUT2D eigenvalue weighted by atomic mass is 79.9. The van der Waals surface area contributed by atoms with Crippen molar-refractivity contribution in [2.45, 2.75) is 0 Å². The quantitative estimate of drug-likeness (QED) is 0.804. The van der Waals surface area contributed by atoms with Crippen molar-refractivity contribution in [3.8, 4) is 0 Å². The van der Waals surface area contributed by atoms with E-state index in [1.54, 1.807) is 18.5 Å².